The standard InChI is InChI=1S/C17H27N3O3.2ClH/c1-22-15(12-18)11-17(21)20-9-7-19(8-10-20)13-14-5-3-4-6-16(14)23-2;;/h3-6,15H,7-13,18H2,1-2H3;2*1H. The van der Waals surface area contributed by atoms with Gasteiger partial charge in [0.25, 0.3) is 0 Å². The first-order valence-corrected chi connectivity index (χ1v) is 8.02. The van der Waals surface area contributed by atoms with Crippen LogP contribution in [0.1, 0.15) is 12.0 Å². The molecule has 0 radical (unpaired) electrons. The lowest BCUT2D eigenvalue weighted by Gasteiger charge is -2.35. The first-order valence-electron chi connectivity index (χ1n) is 8.02. The molecule has 1 heterocycles. The van der Waals surface area contributed by atoms with Crippen LogP contribution in [0.5, 0.6) is 5.75 Å². The maximum absolute atomic E-state index is 12.2. The number of hydrogen-bond acceptors (Lipinski definition) is 5. The van der Waals surface area contributed by atoms with Crippen LogP contribution in [-0.2, 0) is 16.1 Å². The number of hydrogen-bond donors (Lipinski definition) is 1. The molecule has 1 unspecified atom stereocenters. The second kappa shape index (κ2) is 12.3. The summed E-state index contributed by atoms with van der Waals surface area (Å²) in [6.07, 6.45) is 0.175. The summed E-state index contributed by atoms with van der Waals surface area (Å²) in [5.74, 6) is 1.04. The van der Waals surface area contributed by atoms with Crippen LogP contribution >= 0.6 is 24.8 Å². The van der Waals surface area contributed by atoms with Gasteiger partial charge in [-0.2, -0.15) is 0 Å². The molecule has 1 atom stereocenters. The number of para-hydroxylation sites is 1. The van der Waals surface area contributed by atoms with Gasteiger partial charge in [0.05, 0.1) is 19.6 Å². The van der Waals surface area contributed by atoms with Crippen molar-refractivity contribution in [3.05, 3.63) is 29.8 Å². The highest BCUT2D eigenvalue weighted by Gasteiger charge is 2.23. The Morgan fingerprint density at radius 2 is 1.80 bits per heavy atom. The monoisotopic (exact) mass is 393 g/mol. The van der Waals surface area contributed by atoms with E-state index >= 15 is 0 Å². The first-order chi connectivity index (χ1) is 11.2. The van der Waals surface area contributed by atoms with Crippen molar-refractivity contribution in [3.63, 3.8) is 0 Å². The molecule has 1 saturated heterocycles. The Morgan fingerprint density at radius 1 is 1.16 bits per heavy atom. The normalized spacial score (nSPS) is 15.7. The van der Waals surface area contributed by atoms with E-state index in [2.05, 4.69) is 11.0 Å². The number of carbonyl (C=O) groups is 1. The van der Waals surface area contributed by atoms with E-state index in [9.17, 15) is 4.79 Å². The van der Waals surface area contributed by atoms with E-state index in [1.165, 1.54) is 5.56 Å². The van der Waals surface area contributed by atoms with E-state index in [1.54, 1.807) is 14.2 Å². The molecule has 1 aliphatic heterocycles. The quantitative estimate of drug-likeness (QED) is 0.760. The predicted molar refractivity (Wildman–Crippen MR) is 104 cm³/mol. The second-order valence-corrected chi connectivity index (χ2v) is 5.77. The molecule has 1 aromatic carbocycles. The fraction of sp³-hybridized carbons (Fsp3) is 0.588. The van der Waals surface area contributed by atoms with Gasteiger partial charge in [0.15, 0.2) is 0 Å². The molecule has 144 valence electrons. The highest BCUT2D eigenvalue weighted by atomic mass is 35.5. The van der Waals surface area contributed by atoms with E-state index in [0.29, 0.717) is 13.0 Å². The number of amides is 1. The third-order valence-electron chi connectivity index (χ3n) is 4.31. The topological polar surface area (TPSA) is 68.0 Å². The zero-order valence-corrected chi connectivity index (χ0v) is 16.5. The smallest absolute Gasteiger partial charge is 0.225 e. The molecule has 8 heteroatoms. The molecule has 2 rings (SSSR count). The summed E-state index contributed by atoms with van der Waals surface area (Å²) in [6.45, 7) is 4.43. The van der Waals surface area contributed by atoms with Crippen LogP contribution < -0.4 is 10.5 Å². The fourth-order valence-corrected chi connectivity index (χ4v) is 2.82. The largest absolute Gasteiger partial charge is 0.496 e. The van der Waals surface area contributed by atoms with Crippen molar-refractivity contribution in [1.82, 2.24) is 9.80 Å². The second-order valence-electron chi connectivity index (χ2n) is 5.77. The van der Waals surface area contributed by atoms with E-state index in [4.69, 9.17) is 15.2 Å². The Kier molecular flexibility index (Phi) is 11.8. The lowest BCUT2D eigenvalue weighted by Crippen LogP contribution is -2.49. The highest BCUT2D eigenvalue weighted by Crippen LogP contribution is 2.20. The lowest BCUT2D eigenvalue weighted by atomic mass is 10.1. The molecule has 1 fully saturated rings. The van der Waals surface area contributed by atoms with Crippen molar-refractivity contribution in [3.8, 4) is 5.75 Å². The van der Waals surface area contributed by atoms with Gasteiger partial charge in [-0.15, -0.1) is 24.8 Å². The van der Waals surface area contributed by atoms with Crippen LogP contribution in [0.3, 0.4) is 0 Å². The minimum Gasteiger partial charge on any atom is -0.496 e. The molecular formula is C17H29Cl2N3O3. The van der Waals surface area contributed by atoms with Crippen molar-refractivity contribution in [1.29, 1.82) is 0 Å². The van der Waals surface area contributed by atoms with Crippen LogP contribution in [0.15, 0.2) is 24.3 Å². The molecule has 1 amide bonds. The van der Waals surface area contributed by atoms with Gasteiger partial charge in [0.2, 0.25) is 5.91 Å². The minimum atomic E-state index is -0.186. The Labute approximate surface area is 162 Å². The zero-order chi connectivity index (χ0) is 16.7. The van der Waals surface area contributed by atoms with Gasteiger partial charge in [-0.05, 0) is 6.07 Å². The number of benzene rings is 1. The minimum absolute atomic E-state index is 0. The third kappa shape index (κ3) is 6.99. The molecular weight excluding hydrogens is 365 g/mol. The molecule has 0 aliphatic carbocycles. The van der Waals surface area contributed by atoms with Crippen LogP contribution in [0, 0.1) is 0 Å². The van der Waals surface area contributed by atoms with Gasteiger partial charge in [-0.3, -0.25) is 9.69 Å². The summed E-state index contributed by atoms with van der Waals surface area (Å²) in [7, 11) is 3.29. The molecule has 1 aromatic rings. The van der Waals surface area contributed by atoms with Gasteiger partial charge >= 0.3 is 0 Å². The van der Waals surface area contributed by atoms with E-state index in [1.807, 2.05) is 23.1 Å². The SMILES string of the molecule is COc1ccccc1CN1CCN(C(=O)CC(CN)OC)CC1.Cl.Cl. The number of methoxy groups -OCH3 is 2. The van der Waals surface area contributed by atoms with Gasteiger partial charge in [0, 0.05) is 51.9 Å². The van der Waals surface area contributed by atoms with Gasteiger partial charge < -0.3 is 20.1 Å². The van der Waals surface area contributed by atoms with Gasteiger partial charge in [-0.1, -0.05) is 18.2 Å². The molecule has 0 saturated carbocycles. The summed E-state index contributed by atoms with van der Waals surface area (Å²) in [6, 6.07) is 8.06. The van der Waals surface area contributed by atoms with Crippen LogP contribution in [0.4, 0.5) is 0 Å². The first kappa shape index (κ1) is 23.9. The molecule has 6 nitrogen and oxygen atoms in total. The number of rotatable bonds is 7. The average molecular weight is 394 g/mol. The van der Waals surface area contributed by atoms with Gasteiger partial charge in [0.1, 0.15) is 5.75 Å². The number of piperazine rings is 1. The van der Waals surface area contributed by atoms with Crippen LogP contribution in [-0.4, -0.2) is 68.8 Å². The fourth-order valence-electron chi connectivity index (χ4n) is 2.82. The summed E-state index contributed by atoms with van der Waals surface area (Å²) in [5.41, 5.74) is 6.76. The maximum Gasteiger partial charge on any atom is 0.225 e. The number of nitrogens with zero attached hydrogens (tertiary/aromatic N) is 2. The predicted octanol–water partition coefficient (Wildman–Crippen LogP) is 1.55. The van der Waals surface area contributed by atoms with Gasteiger partial charge in [-0.25, -0.2) is 0 Å². The van der Waals surface area contributed by atoms with Crippen molar-refractivity contribution in [2.24, 2.45) is 5.73 Å². The number of halogens is 2. The van der Waals surface area contributed by atoms with Crippen LogP contribution in [0.2, 0.25) is 0 Å². The Bertz CT molecular complexity index is 508. The molecule has 0 spiro atoms. The van der Waals surface area contributed by atoms with Crippen molar-refractivity contribution in [2.45, 2.75) is 19.1 Å². The highest BCUT2D eigenvalue weighted by molar-refractivity contribution is 5.85. The summed E-state index contributed by atoms with van der Waals surface area (Å²) in [5, 5.41) is 0. The van der Waals surface area contributed by atoms with Crippen LogP contribution in [0.25, 0.3) is 0 Å². The van der Waals surface area contributed by atoms with Crippen molar-refractivity contribution >= 4 is 30.7 Å². The average Bonchev–Trinajstić information content (AvgIpc) is 2.60. The number of nitrogens with two attached hydrogens (primary N) is 1. The molecule has 2 N–H and O–H groups in total. The Balaban J connectivity index is 0.00000288. The Hall–Kier alpha value is -1.05. The maximum atomic E-state index is 12.2. The third-order valence-corrected chi connectivity index (χ3v) is 4.31. The van der Waals surface area contributed by atoms with Crippen molar-refractivity contribution < 1.29 is 14.3 Å². The zero-order valence-electron chi connectivity index (χ0n) is 14.8. The van der Waals surface area contributed by atoms with E-state index in [-0.39, 0.29) is 36.8 Å². The Morgan fingerprint density at radius 3 is 2.36 bits per heavy atom. The number of ether oxygens (including phenoxy) is 2. The van der Waals surface area contributed by atoms with E-state index in [0.717, 1.165) is 38.5 Å². The summed E-state index contributed by atoms with van der Waals surface area (Å²) >= 11 is 0. The number of carbonyl (C=O) groups excluding carboxylic acids is 1. The molecule has 0 bridgehead atoms. The summed E-state index contributed by atoms with van der Waals surface area (Å²) in [4.78, 5) is 16.5. The molecule has 1 aliphatic rings. The molecule has 0 aromatic heterocycles. The summed E-state index contributed by atoms with van der Waals surface area (Å²) < 4.78 is 10.6. The lowest BCUT2D eigenvalue weighted by molar-refractivity contribution is -0.135. The molecule has 25 heavy (non-hydrogen) atoms. The van der Waals surface area contributed by atoms with Crippen molar-refractivity contribution in [2.75, 3.05) is 46.9 Å². The van der Waals surface area contributed by atoms with E-state index < -0.39 is 0 Å².